The molecule has 10 nitrogen and oxygen atoms in total. The molecule has 12 heteroatoms. The second-order valence-electron chi connectivity index (χ2n) is 6.30. The molecular formula is C19H18N4O6S2. The minimum absolute atomic E-state index is 0.0475. The number of aromatic carboxylic acids is 1. The number of carboxylic acid groups (broad SMARTS) is 1. The molecule has 1 unspecified atom stereocenters. The van der Waals surface area contributed by atoms with Crippen molar-refractivity contribution in [3.63, 3.8) is 0 Å². The van der Waals surface area contributed by atoms with Crippen LogP contribution >= 0.6 is 23.1 Å². The van der Waals surface area contributed by atoms with Gasteiger partial charge in [-0.25, -0.2) is 9.59 Å². The molecular weight excluding hydrogens is 444 g/mol. The number of amides is 2. The Bertz CT molecular complexity index is 1070. The number of methoxy groups -OCH3 is 1. The van der Waals surface area contributed by atoms with E-state index in [1.807, 2.05) is 6.92 Å². The lowest BCUT2D eigenvalue weighted by Crippen LogP contribution is -2.64. The summed E-state index contributed by atoms with van der Waals surface area (Å²) in [5.74, 6) is -2.72. The van der Waals surface area contributed by atoms with Crippen molar-refractivity contribution in [2.45, 2.75) is 17.3 Å². The van der Waals surface area contributed by atoms with Gasteiger partial charge in [-0.1, -0.05) is 35.2 Å². The Morgan fingerprint density at radius 3 is 2.61 bits per heavy atom. The Labute approximate surface area is 185 Å². The molecule has 1 aliphatic rings. The van der Waals surface area contributed by atoms with Crippen molar-refractivity contribution in [3.05, 3.63) is 52.2 Å². The zero-order valence-electron chi connectivity index (χ0n) is 16.5. The lowest BCUT2D eigenvalue weighted by Gasteiger charge is -2.39. The first-order valence-corrected chi connectivity index (χ1v) is 10.8. The molecule has 1 atom stereocenters. The number of rotatable bonds is 8. The number of aryl methyl sites for hydroxylation is 1. The highest BCUT2D eigenvalue weighted by molar-refractivity contribution is 8.01. The van der Waals surface area contributed by atoms with Gasteiger partial charge in [-0.05, 0) is 25.1 Å². The molecule has 0 radical (unpaired) electrons. The van der Waals surface area contributed by atoms with Gasteiger partial charge < -0.3 is 20.1 Å². The van der Waals surface area contributed by atoms with Crippen LogP contribution in [-0.4, -0.2) is 69.4 Å². The predicted octanol–water partition coefficient (Wildman–Crippen LogP) is 1.33. The Kier molecular flexibility index (Phi) is 7.02. The van der Waals surface area contributed by atoms with Crippen LogP contribution in [0.4, 0.5) is 0 Å². The van der Waals surface area contributed by atoms with E-state index in [1.54, 1.807) is 6.08 Å². The van der Waals surface area contributed by atoms with Crippen LogP contribution in [0.3, 0.4) is 0 Å². The lowest BCUT2D eigenvalue weighted by molar-refractivity contribution is -0.148. The lowest BCUT2D eigenvalue weighted by atomic mass is 10.0. The number of nitrogens with zero attached hydrogens (tertiary/aromatic N) is 3. The molecule has 2 aromatic rings. The van der Waals surface area contributed by atoms with E-state index >= 15 is 0 Å². The molecule has 1 aromatic carbocycles. The molecule has 0 spiro atoms. The zero-order chi connectivity index (χ0) is 22.5. The molecule has 162 valence electrons. The molecule has 0 aliphatic carbocycles. The van der Waals surface area contributed by atoms with Gasteiger partial charge in [0.15, 0.2) is 4.34 Å². The topological polar surface area (TPSA) is 139 Å². The maximum atomic E-state index is 12.6. The number of carboxylic acids is 1. The fourth-order valence-corrected chi connectivity index (χ4v) is 4.49. The van der Waals surface area contributed by atoms with Crippen molar-refractivity contribution in [1.82, 2.24) is 20.4 Å². The summed E-state index contributed by atoms with van der Waals surface area (Å²) in [6.45, 7) is 1.89. The summed E-state index contributed by atoms with van der Waals surface area (Å²) in [5, 5.41) is 20.4. The summed E-state index contributed by atoms with van der Waals surface area (Å²) in [6, 6.07) is 4.84. The summed E-state index contributed by atoms with van der Waals surface area (Å²) in [7, 11) is 1.21. The van der Waals surface area contributed by atoms with E-state index in [1.165, 1.54) is 59.4 Å². The molecule has 31 heavy (non-hydrogen) atoms. The maximum Gasteiger partial charge on any atom is 0.354 e. The minimum Gasteiger partial charge on any atom is -0.478 e. The summed E-state index contributed by atoms with van der Waals surface area (Å²) in [5.41, 5.74) is -0.144. The average Bonchev–Trinajstić information content (AvgIpc) is 3.18. The van der Waals surface area contributed by atoms with Crippen molar-refractivity contribution in [1.29, 1.82) is 0 Å². The quantitative estimate of drug-likeness (QED) is 0.257. The molecule has 2 heterocycles. The normalized spacial score (nSPS) is 15.9. The predicted molar refractivity (Wildman–Crippen MR) is 112 cm³/mol. The maximum absolute atomic E-state index is 12.6. The summed E-state index contributed by atoms with van der Waals surface area (Å²) in [4.78, 5) is 49.7. The van der Waals surface area contributed by atoms with Crippen LogP contribution in [-0.2, 0) is 14.3 Å². The van der Waals surface area contributed by atoms with Crippen LogP contribution in [0.15, 0.2) is 40.4 Å². The second kappa shape index (κ2) is 9.71. The Morgan fingerprint density at radius 2 is 2.03 bits per heavy atom. The molecule has 1 saturated heterocycles. The van der Waals surface area contributed by atoms with Gasteiger partial charge in [-0.15, -0.1) is 10.2 Å². The molecule has 2 amide bonds. The smallest absolute Gasteiger partial charge is 0.354 e. The van der Waals surface area contributed by atoms with E-state index in [9.17, 15) is 24.3 Å². The largest absolute Gasteiger partial charge is 0.478 e. The summed E-state index contributed by atoms with van der Waals surface area (Å²) < 4.78 is 5.50. The monoisotopic (exact) mass is 462 g/mol. The molecule has 1 fully saturated rings. The van der Waals surface area contributed by atoms with Gasteiger partial charge >= 0.3 is 11.9 Å². The third kappa shape index (κ3) is 5.09. The number of hydrogen-bond donors (Lipinski definition) is 2. The van der Waals surface area contributed by atoms with Crippen LogP contribution in [0, 0.1) is 6.92 Å². The number of carbonyl (C=O) groups excluding carboxylic acids is 3. The molecule has 3 rings (SSSR count). The van der Waals surface area contributed by atoms with E-state index in [0.717, 1.165) is 9.35 Å². The van der Waals surface area contributed by atoms with E-state index < -0.39 is 29.8 Å². The highest BCUT2D eigenvalue weighted by Gasteiger charge is 2.42. The van der Waals surface area contributed by atoms with Crippen LogP contribution in [0.2, 0.25) is 0 Å². The van der Waals surface area contributed by atoms with Crippen molar-refractivity contribution < 1.29 is 29.0 Å². The van der Waals surface area contributed by atoms with Crippen LogP contribution in [0.25, 0.3) is 0 Å². The Morgan fingerprint density at radius 1 is 1.32 bits per heavy atom. The van der Waals surface area contributed by atoms with Crippen molar-refractivity contribution >= 4 is 46.9 Å². The highest BCUT2D eigenvalue weighted by atomic mass is 32.2. The number of ether oxygens (including phenoxy) is 1. The fourth-order valence-electron chi connectivity index (χ4n) is 2.79. The van der Waals surface area contributed by atoms with E-state index in [2.05, 4.69) is 15.5 Å². The number of likely N-dealkylation sites (tertiary alicyclic amines) is 1. The fraction of sp³-hybridized carbons (Fsp3) is 0.263. The van der Waals surface area contributed by atoms with Gasteiger partial charge in [0.05, 0.1) is 24.8 Å². The highest BCUT2D eigenvalue weighted by Crippen LogP contribution is 2.24. The first-order valence-electron chi connectivity index (χ1n) is 8.97. The summed E-state index contributed by atoms with van der Waals surface area (Å²) in [6.07, 6.45) is 1.56. The number of hydrogen-bond acceptors (Lipinski definition) is 9. The third-order valence-corrected chi connectivity index (χ3v) is 6.21. The summed E-state index contributed by atoms with van der Waals surface area (Å²) >= 11 is 2.78. The van der Waals surface area contributed by atoms with E-state index in [-0.39, 0.29) is 23.4 Å². The van der Waals surface area contributed by atoms with Gasteiger partial charge in [-0.2, -0.15) is 0 Å². The zero-order valence-corrected chi connectivity index (χ0v) is 18.2. The first-order chi connectivity index (χ1) is 14.8. The number of carbonyl (C=O) groups is 4. The first kappa shape index (κ1) is 22.4. The number of benzene rings is 1. The second-order valence-corrected chi connectivity index (χ2v) is 8.75. The number of aromatic nitrogens is 2. The molecule has 0 saturated carbocycles. The van der Waals surface area contributed by atoms with Gasteiger partial charge in [-0.3, -0.25) is 9.59 Å². The number of thioether (sulfide) groups is 1. The third-order valence-electron chi connectivity index (χ3n) is 4.31. The van der Waals surface area contributed by atoms with Gasteiger partial charge in [0.2, 0.25) is 0 Å². The Balaban J connectivity index is 1.65. The Hall–Kier alpha value is -3.25. The van der Waals surface area contributed by atoms with Crippen LogP contribution < -0.4 is 5.32 Å². The van der Waals surface area contributed by atoms with Crippen LogP contribution in [0.5, 0.6) is 0 Å². The van der Waals surface area contributed by atoms with E-state index in [4.69, 9.17) is 4.74 Å². The van der Waals surface area contributed by atoms with Crippen LogP contribution in [0.1, 0.15) is 25.7 Å². The molecule has 1 aromatic heterocycles. The van der Waals surface area contributed by atoms with Crippen molar-refractivity contribution in [3.8, 4) is 0 Å². The number of esters is 1. The number of nitrogens with one attached hydrogen (secondary N) is 1. The van der Waals surface area contributed by atoms with Crippen molar-refractivity contribution in [2.75, 3.05) is 19.4 Å². The molecule has 2 N–H and O–H groups in total. The van der Waals surface area contributed by atoms with Crippen molar-refractivity contribution in [2.24, 2.45) is 0 Å². The standard InChI is InChI=1S/C19H18N4O6S2/c1-10-21-22-19(31-10)30-8-7-14(18(28)29-2)23-9-13(16(23)25)20-15(24)11-5-3-4-6-12(11)17(26)27/h3-7,13H,8-9H2,1-2H3,(H,20,24)(H,26,27). The van der Waals surface area contributed by atoms with Gasteiger partial charge in [0, 0.05) is 5.75 Å². The minimum atomic E-state index is -1.24. The number of β-lactam (4-membered cyclic amide) rings is 1. The van der Waals surface area contributed by atoms with Gasteiger partial charge in [0.1, 0.15) is 16.7 Å². The SMILES string of the molecule is COC(=O)C(=CCSc1nnc(C)s1)N1CC(NC(=O)c2ccccc2C(=O)O)C1=O. The molecule has 0 bridgehead atoms. The molecule has 1 aliphatic heterocycles. The van der Waals surface area contributed by atoms with Gasteiger partial charge in [0.25, 0.3) is 11.8 Å². The average molecular weight is 463 g/mol. The van der Waals surface area contributed by atoms with E-state index in [0.29, 0.717) is 5.75 Å².